The van der Waals surface area contributed by atoms with Crippen molar-refractivity contribution in [3.63, 3.8) is 0 Å². The minimum absolute atomic E-state index is 0.226. The highest BCUT2D eigenvalue weighted by atomic mass is 35.5. The van der Waals surface area contributed by atoms with Crippen LogP contribution in [0.4, 0.5) is 8.78 Å². The molecule has 158 valence electrons. The lowest BCUT2D eigenvalue weighted by Crippen LogP contribution is -2.37. The van der Waals surface area contributed by atoms with Crippen LogP contribution in [-0.4, -0.2) is 29.2 Å². The maximum absolute atomic E-state index is 13.7. The number of hydrogen-bond donors (Lipinski definition) is 0. The van der Waals surface area contributed by atoms with Gasteiger partial charge in [-0.25, -0.2) is 8.78 Å². The van der Waals surface area contributed by atoms with Crippen LogP contribution in [0.3, 0.4) is 0 Å². The molecule has 31 heavy (non-hydrogen) atoms. The van der Waals surface area contributed by atoms with Crippen molar-refractivity contribution in [2.24, 2.45) is 5.16 Å². The predicted molar refractivity (Wildman–Crippen MR) is 115 cm³/mol. The summed E-state index contributed by atoms with van der Waals surface area (Å²) in [5, 5.41) is 4.64. The van der Waals surface area contributed by atoms with Gasteiger partial charge in [0.15, 0.2) is 6.10 Å². The molecule has 3 aromatic rings. The molecule has 4 rings (SSSR count). The SMILES string of the molecule is O=C(c1cccc(F)c1)N(Cc1cccc(Cl)c1)C[C@H]1CC(c2cccc(F)c2)=NO1. The first-order valence-electron chi connectivity index (χ1n) is 9.76. The van der Waals surface area contributed by atoms with Gasteiger partial charge in [0.1, 0.15) is 11.6 Å². The monoisotopic (exact) mass is 440 g/mol. The summed E-state index contributed by atoms with van der Waals surface area (Å²) in [7, 11) is 0. The topological polar surface area (TPSA) is 41.9 Å². The van der Waals surface area contributed by atoms with E-state index in [4.69, 9.17) is 16.4 Å². The smallest absolute Gasteiger partial charge is 0.254 e. The summed E-state index contributed by atoms with van der Waals surface area (Å²) >= 11 is 6.09. The summed E-state index contributed by atoms with van der Waals surface area (Å²) in [5.41, 5.74) is 2.33. The number of hydrogen-bond acceptors (Lipinski definition) is 3. The van der Waals surface area contributed by atoms with Crippen molar-refractivity contribution in [2.45, 2.75) is 19.1 Å². The lowest BCUT2D eigenvalue weighted by atomic mass is 10.0. The molecule has 0 N–H and O–H groups in total. The summed E-state index contributed by atoms with van der Waals surface area (Å²) in [4.78, 5) is 20.3. The quantitative estimate of drug-likeness (QED) is 0.511. The van der Waals surface area contributed by atoms with Gasteiger partial charge in [-0.05, 0) is 48.0 Å². The number of rotatable bonds is 6. The molecule has 4 nitrogen and oxygen atoms in total. The molecule has 1 heterocycles. The fraction of sp³-hybridized carbons (Fsp3) is 0.167. The summed E-state index contributed by atoms with van der Waals surface area (Å²) < 4.78 is 27.2. The van der Waals surface area contributed by atoms with Crippen molar-refractivity contribution in [1.29, 1.82) is 0 Å². The first-order chi connectivity index (χ1) is 15.0. The molecule has 0 spiro atoms. The van der Waals surface area contributed by atoms with Crippen LogP contribution in [0.15, 0.2) is 78.0 Å². The zero-order valence-corrected chi connectivity index (χ0v) is 17.2. The van der Waals surface area contributed by atoms with E-state index in [1.54, 1.807) is 41.3 Å². The molecule has 0 saturated carbocycles. The van der Waals surface area contributed by atoms with Gasteiger partial charge in [-0.15, -0.1) is 0 Å². The average molecular weight is 441 g/mol. The van der Waals surface area contributed by atoms with Crippen LogP contribution < -0.4 is 0 Å². The molecule has 0 aromatic heterocycles. The van der Waals surface area contributed by atoms with Crippen LogP contribution in [0, 0.1) is 11.6 Å². The van der Waals surface area contributed by atoms with Crippen LogP contribution in [0.2, 0.25) is 5.02 Å². The Kier molecular flexibility index (Phi) is 6.28. The minimum atomic E-state index is -0.484. The Morgan fingerprint density at radius 1 is 1.03 bits per heavy atom. The summed E-state index contributed by atoms with van der Waals surface area (Å²) in [6.45, 7) is 0.495. The van der Waals surface area contributed by atoms with Gasteiger partial charge < -0.3 is 9.74 Å². The number of nitrogens with zero attached hydrogens (tertiary/aromatic N) is 2. The molecular weight excluding hydrogens is 422 g/mol. The Balaban J connectivity index is 1.52. The van der Waals surface area contributed by atoms with E-state index < -0.39 is 11.9 Å². The van der Waals surface area contributed by atoms with Gasteiger partial charge in [0.05, 0.1) is 12.3 Å². The molecule has 1 amide bonds. The van der Waals surface area contributed by atoms with E-state index in [1.165, 1.54) is 30.3 Å². The summed E-state index contributed by atoms with van der Waals surface area (Å²) in [5.74, 6) is -1.17. The Morgan fingerprint density at radius 2 is 1.77 bits per heavy atom. The molecule has 7 heteroatoms. The molecule has 1 aliphatic heterocycles. The lowest BCUT2D eigenvalue weighted by molar-refractivity contribution is 0.0405. The van der Waals surface area contributed by atoms with Gasteiger partial charge >= 0.3 is 0 Å². The van der Waals surface area contributed by atoms with E-state index in [-0.39, 0.29) is 30.4 Å². The molecule has 0 fully saturated rings. The zero-order chi connectivity index (χ0) is 21.8. The van der Waals surface area contributed by atoms with E-state index in [0.29, 0.717) is 22.7 Å². The molecule has 0 aliphatic carbocycles. The highest BCUT2D eigenvalue weighted by Gasteiger charge is 2.27. The molecule has 3 aromatic carbocycles. The standard InChI is InChI=1S/C24H19ClF2N2O2/c25-19-7-1-4-16(10-19)14-29(24(30)18-6-3-9-21(27)12-18)15-22-13-23(28-31-22)17-5-2-8-20(26)11-17/h1-12,22H,13-15H2/t22-/m1/s1. The Morgan fingerprint density at radius 3 is 2.52 bits per heavy atom. The van der Waals surface area contributed by atoms with Gasteiger partial charge in [-0.2, -0.15) is 0 Å². The maximum atomic E-state index is 13.7. The van der Waals surface area contributed by atoms with Crippen molar-refractivity contribution in [3.8, 4) is 0 Å². The van der Waals surface area contributed by atoms with Gasteiger partial charge in [-0.1, -0.05) is 47.1 Å². The second-order valence-electron chi connectivity index (χ2n) is 7.31. The van der Waals surface area contributed by atoms with Crippen LogP contribution in [0.25, 0.3) is 0 Å². The second-order valence-corrected chi connectivity index (χ2v) is 7.74. The van der Waals surface area contributed by atoms with Gasteiger partial charge in [-0.3, -0.25) is 4.79 Å². The molecule has 1 aliphatic rings. The van der Waals surface area contributed by atoms with Gasteiger partial charge in [0.25, 0.3) is 5.91 Å². The fourth-order valence-corrected chi connectivity index (χ4v) is 3.70. The van der Waals surface area contributed by atoms with Crippen LogP contribution in [0.5, 0.6) is 0 Å². The van der Waals surface area contributed by atoms with Gasteiger partial charge in [0, 0.05) is 29.1 Å². The average Bonchev–Trinajstić information content (AvgIpc) is 3.21. The number of carbonyl (C=O) groups is 1. The Bertz CT molecular complexity index is 1140. The van der Waals surface area contributed by atoms with Gasteiger partial charge in [0.2, 0.25) is 0 Å². The highest BCUT2D eigenvalue weighted by molar-refractivity contribution is 6.30. The Labute approximate surface area is 183 Å². The largest absolute Gasteiger partial charge is 0.390 e. The normalized spacial score (nSPS) is 15.3. The molecule has 1 atom stereocenters. The first kappa shape index (κ1) is 21.0. The number of carbonyl (C=O) groups excluding carboxylic acids is 1. The second kappa shape index (κ2) is 9.27. The van der Waals surface area contributed by atoms with Crippen LogP contribution >= 0.6 is 11.6 Å². The van der Waals surface area contributed by atoms with Crippen molar-refractivity contribution in [3.05, 3.63) is 106 Å². The van der Waals surface area contributed by atoms with E-state index in [1.807, 2.05) is 6.07 Å². The molecule has 0 bridgehead atoms. The van der Waals surface area contributed by atoms with E-state index >= 15 is 0 Å². The third-order valence-corrected chi connectivity index (χ3v) is 5.17. The summed E-state index contributed by atoms with van der Waals surface area (Å²) in [6, 6.07) is 18.9. The first-order valence-corrected chi connectivity index (χ1v) is 10.1. The number of amides is 1. The zero-order valence-electron chi connectivity index (χ0n) is 16.5. The lowest BCUT2D eigenvalue weighted by Gasteiger charge is -2.25. The van der Waals surface area contributed by atoms with Crippen molar-refractivity contribution < 1.29 is 18.4 Å². The highest BCUT2D eigenvalue weighted by Crippen LogP contribution is 2.21. The minimum Gasteiger partial charge on any atom is -0.390 e. The van der Waals surface area contributed by atoms with Crippen molar-refractivity contribution in [1.82, 2.24) is 4.90 Å². The third-order valence-electron chi connectivity index (χ3n) is 4.94. The number of benzene rings is 3. The fourth-order valence-electron chi connectivity index (χ4n) is 3.49. The van der Waals surface area contributed by atoms with Crippen LogP contribution in [-0.2, 0) is 11.4 Å². The van der Waals surface area contributed by atoms with Crippen molar-refractivity contribution >= 4 is 23.2 Å². The summed E-state index contributed by atoms with van der Waals surface area (Å²) in [6.07, 6.45) is 0.0151. The number of oxime groups is 1. The molecule has 0 unspecified atom stereocenters. The van der Waals surface area contributed by atoms with E-state index in [2.05, 4.69) is 5.16 Å². The third kappa shape index (κ3) is 5.27. The number of halogens is 3. The van der Waals surface area contributed by atoms with Crippen LogP contribution in [0.1, 0.15) is 27.9 Å². The molecule has 0 radical (unpaired) electrons. The van der Waals surface area contributed by atoms with Crippen molar-refractivity contribution in [2.75, 3.05) is 6.54 Å². The molecular formula is C24H19ClF2N2O2. The molecule has 0 saturated heterocycles. The predicted octanol–water partition coefficient (Wildman–Crippen LogP) is 5.45. The Hall–Kier alpha value is -3.25. The van der Waals surface area contributed by atoms with E-state index in [9.17, 15) is 13.6 Å². The van der Waals surface area contributed by atoms with E-state index in [0.717, 1.165) is 5.56 Å². The maximum Gasteiger partial charge on any atom is 0.254 e.